The van der Waals surface area contributed by atoms with Crippen molar-refractivity contribution in [2.45, 2.75) is 46.3 Å². The molecule has 5 nitrogen and oxygen atoms in total. The average molecular weight is 335 g/mol. The Hall–Kier alpha value is -1.49. The Morgan fingerprint density at radius 1 is 1.46 bits per heavy atom. The molecule has 1 aromatic heterocycles. The van der Waals surface area contributed by atoms with Gasteiger partial charge in [-0.05, 0) is 30.4 Å². The average Bonchev–Trinajstić information content (AvgIpc) is 2.92. The highest BCUT2D eigenvalue weighted by Crippen LogP contribution is 2.33. The zero-order chi connectivity index (χ0) is 17.7. The van der Waals surface area contributed by atoms with Crippen molar-refractivity contribution in [2.24, 2.45) is 23.4 Å². The van der Waals surface area contributed by atoms with E-state index >= 15 is 0 Å². The first-order valence-corrected chi connectivity index (χ1v) is 8.96. The molecule has 0 bridgehead atoms. The zero-order valence-electron chi connectivity index (χ0n) is 16.2. The van der Waals surface area contributed by atoms with Crippen molar-refractivity contribution in [1.29, 1.82) is 0 Å². The molecule has 1 N–H and O–H groups in total. The topological polar surface area (TPSA) is 41.8 Å². The van der Waals surface area contributed by atoms with Crippen molar-refractivity contribution >= 4 is 5.96 Å². The van der Waals surface area contributed by atoms with E-state index in [1.54, 1.807) is 0 Å². The molecule has 2 heterocycles. The van der Waals surface area contributed by atoms with Gasteiger partial charge < -0.3 is 19.5 Å². The number of guanidine groups is 1. The molecule has 5 heteroatoms. The van der Waals surface area contributed by atoms with Gasteiger partial charge >= 0.3 is 0 Å². The highest BCUT2D eigenvalue weighted by atomic mass is 16.5. The van der Waals surface area contributed by atoms with Gasteiger partial charge in [-0.3, -0.25) is 4.99 Å². The van der Waals surface area contributed by atoms with Crippen LogP contribution in [0, 0.1) is 11.3 Å². The maximum Gasteiger partial charge on any atom is 0.193 e. The lowest BCUT2D eigenvalue weighted by atomic mass is 9.78. The first-order chi connectivity index (χ1) is 11.3. The third-order valence-corrected chi connectivity index (χ3v) is 4.84. The van der Waals surface area contributed by atoms with Gasteiger partial charge in [0.1, 0.15) is 0 Å². The third-order valence-electron chi connectivity index (χ3n) is 4.84. The lowest BCUT2D eigenvalue weighted by Gasteiger charge is -2.40. The van der Waals surface area contributed by atoms with Crippen molar-refractivity contribution in [3.8, 4) is 0 Å². The van der Waals surface area contributed by atoms with Crippen molar-refractivity contribution in [3.63, 3.8) is 0 Å². The fourth-order valence-corrected chi connectivity index (χ4v) is 3.60. The quantitative estimate of drug-likeness (QED) is 0.680. The lowest BCUT2D eigenvalue weighted by Crippen LogP contribution is -2.47. The molecule has 1 saturated heterocycles. The van der Waals surface area contributed by atoms with Crippen molar-refractivity contribution in [3.05, 3.63) is 24.0 Å². The normalized spacial score (nSPS) is 22.5. The summed E-state index contributed by atoms with van der Waals surface area (Å²) in [6.45, 7) is 9.45. The van der Waals surface area contributed by atoms with Crippen LogP contribution in [0.3, 0.4) is 0 Å². The molecule has 24 heavy (non-hydrogen) atoms. The molecule has 1 fully saturated rings. The molecule has 0 spiro atoms. The molecule has 1 aliphatic heterocycles. The van der Waals surface area contributed by atoms with Crippen LogP contribution in [0.2, 0.25) is 0 Å². The van der Waals surface area contributed by atoms with Crippen LogP contribution in [0.5, 0.6) is 0 Å². The maximum absolute atomic E-state index is 6.09. The first-order valence-electron chi connectivity index (χ1n) is 8.96. The van der Waals surface area contributed by atoms with E-state index in [9.17, 15) is 0 Å². The van der Waals surface area contributed by atoms with Gasteiger partial charge in [0.05, 0.1) is 12.6 Å². The van der Waals surface area contributed by atoms with Crippen LogP contribution >= 0.6 is 0 Å². The Bertz CT molecular complexity index is 544. The van der Waals surface area contributed by atoms with Crippen LogP contribution in [0.25, 0.3) is 0 Å². The Morgan fingerprint density at radius 2 is 2.21 bits per heavy atom. The Morgan fingerprint density at radius 3 is 2.79 bits per heavy atom. The SMILES string of the molecule is CN=C(NCC1CCCOC1C(C)(C)C)N(C)Cc1cccn1C. The van der Waals surface area contributed by atoms with E-state index in [4.69, 9.17) is 4.74 Å². The molecular formula is C19H34N4O. The number of aryl methyl sites for hydroxylation is 1. The molecule has 1 aromatic rings. The van der Waals surface area contributed by atoms with Gasteiger partial charge in [-0.2, -0.15) is 0 Å². The monoisotopic (exact) mass is 334 g/mol. The summed E-state index contributed by atoms with van der Waals surface area (Å²) in [7, 11) is 6.01. The smallest absolute Gasteiger partial charge is 0.193 e. The number of rotatable bonds is 4. The summed E-state index contributed by atoms with van der Waals surface area (Å²) in [5.74, 6) is 1.47. The van der Waals surface area contributed by atoms with Crippen LogP contribution in [-0.2, 0) is 18.3 Å². The van der Waals surface area contributed by atoms with Gasteiger partial charge in [0.15, 0.2) is 5.96 Å². The number of hydrogen-bond acceptors (Lipinski definition) is 2. The van der Waals surface area contributed by atoms with Crippen molar-refractivity contribution < 1.29 is 4.74 Å². The molecular weight excluding hydrogens is 300 g/mol. The minimum absolute atomic E-state index is 0.172. The molecule has 2 rings (SSSR count). The van der Waals surface area contributed by atoms with E-state index in [1.165, 1.54) is 12.1 Å². The van der Waals surface area contributed by atoms with Gasteiger partial charge in [0, 0.05) is 52.1 Å². The Kier molecular flexibility index (Phi) is 6.33. The second-order valence-electron chi connectivity index (χ2n) is 7.95. The molecule has 2 atom stereocenters. The number of ether oxygens (including phenoxy) is 1. The Balaban J connectivity index is 1.94. The van der Waals surface area contributed by atoms with Crippen molar-refractivity contribution in [1.82, 2.24) is 14.8 Å². The van der Waals surface area contributed by atoms with Gasteiger partial charge in [0.25, 0.3) is 0 Å². The number of aromatic nitrogens is 1. The zero-order valence-corrected chi connectivity index (χ0v) is 16.2. The van der Waals surface area contributed by atoms with Crippen LogP contribution in [0.15, 0.2) is 23.3 Å². The second kappa shape index (κ2) is 8.06. The highest BCUT2D eigenvalue weighted by Gasteiger charge is 2.35. The second-order valence-corrected chi connectivity index (χ2v) is 7.95. The molecule has 2 unspecified atom stereocenters. The third kappa shape index (κ3) is 4.76. The molecule has 0 saturated carbocycles. The molecule has 0 aliphatic carbocycles. The van der Waals surface area contributed by atoms with E-state index in [0.29, 0.717) is 12.0 Å². The molecule has 0 radical (unpaired) electrons. The van der Waals surface area contributed by atoms with Crippen LogP contribution in [-0.4, -0.2) is 48.8 Å². The fraction of sp³-hybridized carbons (Fsp3) is 0.737. The number of hydrogen-bond donors (Lipinski definition) is 1. The number of nitrogens with zero attached hydrogens (tertiary/aromatic N) is 3. The van der Waals surface area contributed by atoms with E-state index in [-0.39, 0.29) is 5.41 Å². The van der Waals surface area contributed by atoms with Gasteiger partial charge in [-0.15, -0.1) is 0 Å². The summed E-state index contributed by atoms with van der Waals surface area (Å²) < 4.78 is 8.23. The molecule has 1 aliphatic rings. The number of aliphatic imine (C=N–C) groups is 1. The maximum atomic E-state index is 6.09. The van der Waals surface area contributed by atoms with Crippen LogP contribution in [0.4, 0.5) is 0 Å². The predicted octanol–water partition coefficient (Wildman–Crippen LogP) is 2.87. The summed E-state index contributed by atoms with van der Waals surface area (Å²) in [5, 5.41) is 3.56. The van der Waals surface area contributed by atoms with Crippen molar-refractivity contribution in [2.75, 3.05) is 27.2 Å². The van der Waals surface area contributed by atoms with Gasteiger partial charge in [0.2, 0.25) is 0 Å². The summed E-state index contributed by atoms with van der Waals surface area (Å²) in [6, 6.07) is 4.22. The highest BCUT2D eigenvalue weighted by molar-refractivity contribution is 5.79. The first kappa shape index (κ1) is 18.8. The van der Waals surface area contributed by atoms with Gasteiger partial charge in [-0.1, -0.05) is 20.8 Å². The number of nitrogens with one attached hydrogen (secondary N) is 1. The standard InChI is InChI=1S/C19H34N4O/c1-19(2,3)17-15(9-8-12-24-17)13-21-18(20-4)23(6)14-16-10-7-11-22(16)5/h7,10-11,15,17H,8-9,12-14H2,1-6H3,(H,20,21). The fourth-order valence-electron chi connectivity index (χ4n) is 3.60. The largest absolute Gasteiger partial charge is 0.377 e. The van der Waals surface area contributed by atoms with Gasteiger partial charge in [-0.25, -0.2) is 0 Å². The summed E-state index contributed by atoms with van der Waals surface area (Å²) in [4.78, 5) is 6.62. The van der Waals surface area contributed by atoms with E-state index in [2.05, 4.69) is 73.0 Å². The Labute approximate surface area is 147 Å². The van der Waals surface area contributed by atoms with E-state index in [1.807, 2.05) is 7.05 Å². The summed E-state index contributed by atoms with van der Waals surface area (Å²) in [5.41, 5.74) is 1.44. The molecule has 136 valence electrons. The predicted molar refractivity (Wildman–Crippen MR) is 100 cm³/mol. The molecule has 0 amide bonds. The van der Waals surface area contributed by atoms with Crippen LogP contribution < -0.4 is 5.32 Å². The van der Waals surface area contributed by atoms with Crippen LogP contribution in [0.1, 0.15) is 39.3 Å². The minimum Gasteiger partial charge on any atom is -0.377 e. The summed E-state index contributed by atoms with van der Waals surface area (Å²) >= 11 is 0. The summed E-state index contributed by atoms with van der Waals surface area (Å²) in [6.07, 6.45) is 4.74. The minimum atomic E-state index is 0.172. The molecule has 0 aromatic carbocycles. The van der Waals surface area contributed by atoms with E-state index < -0.39 is 0 Å². The lowest BCUT2D eigenvalue weighted by molar-refractivity contribution is -0.0836. The van der Waals surface area contributed by atoms with E-state index in [0.717, 1.165) is 32.1 Å².